The number of alkyl halides is 2. The second-order valence-electron chi connectivity index (χ2n) is 6.80. The predicted molar refractivity (Wildman–Crippen MR) is 103 cm³/mol. The Hall–Kier alpha value is -3.74. The third-order valence-corrected chi connectivity index (χ3v) is 4.95. The minimum absolute atomic E-state index is 0.176. The number of fused-ring (bicyclic) bond motifs is 1. The van der Waals surface area contributed by atoms with E-state index in [-0.39, 0.29) is 6.42 Å². The molecule has 1 amide bonds. The fourth-order valence-corrected chi connectivity index (χ4v) is 3.48. The van der Waals surface area contributed by atoms with Crippen molar-refractivity contribution in [2.45, 2.75) is 18.4 Å². The van der Waals surface area contributed by atoms with E-state index >= 15 is 0 Å². The van der Waals surface area contributed by atoms with Gasteiger partial charge in [0.1, 0.15) is 17.5 Å². The molecule has 0 spiro atoms. The molecule has 3 aromatic rings. The number of nitrogens with two attached hydrogens (primary N) is 1. The number of nitriles is 1. The Kier molecular flexibility index (Phi) is 4.50. The van der Waals surface area contributed by atoms with Gasteiger partial charge >= 0.3 is 6.03 Å². The molecule has 1 aliphatic rings. The summed E-state index contributed by atoms with van der Waals surface area (Å²) in [5.41, 5.74) is 6.45. The summed E-state index contributed by atoms with van der Waals surface area (Å²) in [5, 5.41) is 12.3. The van der Waals surface area contributed by atoms with E-state index < -0.39 is 24.5 Å². The molecule has 8 nitrogen and oxygen atoms in total. The van der Waals surface area contributed by atoms with Crippen molar-refractivity contribution in [1.82, 2.24) is 14.5 Å². The highest BCUT2D eigenvalue weighted by molar-refractivity contribution is 5.95. The Bertz CT molecular complexity index is 1100. The Balaban J connectivity index is 1.54. The lowest BCUT2D eigenvalue weighted by Gasteiger charge is -2.39. The molecule has 3 aromatic heterocycles. The molecule has 0 saturated carbocycles. The van der Waals surface area contributed by atoms with Crippen molar-refractivity contribution in [1.29, 1.82) is 5.26 Å². The van der Waals surface area contributed by atoms with Crippen LogP contribution in [-0.4, -0.2) is 45.6 Å². The summed E-state index contributed by atoms with van der Waals surface area (Å²) in [6.07, 6.45) is 4.45. The number of carbonyl (C=O) groups is 1. The Labute approximate surface area is 164 Å². The molecule has 148 valence electrons. The number of anilines is 2. The molecule has 10 heteroatoms. The lowest BCUT2D eigenvalue weighted by atomic mass is 10.00. The zero-order valence-electron chi connectivity index (χ0n) is 15.2. The Morgan fingerprint density at radius 1 is 1.31 bits per heavy atom. The SMILES string of the molecule is N#Cc1ccc(N2CCC(Nc3ccnc4c3ccn4C(N)=O)C(F)(F)C2)nc1. The lowest BCUT2D eigenvalue weighted by Crippen LogP contribution is -2.54. The number of carbonyl (C=O) groups excluding carboxylic acids is 1. The number of nitrogens with one attached hydrogen (secondary N) is 1. The van der Waals surface area contributed by atoms with Crippen molar-refractivity contribution in [2.24, 2.45) is 5.73 Å². The smallest absolute Gasteiger partial charge is 0.324 e. The van der Waals surface area contributed by atoms with Crippen LogP contribution in [0.1, 0.15) is 12.0 Å². The third kappa shape index (κ3) is 3.42. The van der Waals surface area contributed by atoms with Crippen LogP contribution in [0, 0.1) is 11.3 Å². The van der Waals surface area contributed by atoms with E-state index in [9.17, 15) is 13.6 Å². The lowest BCUT2D eigenvalue weighted by molar-refractivity contribution is -0.0233. The van der Waals surface area contributed by atoms with Crippen molar-refractivity contribution in [2.75, 3.05) is 23.3 Å². The van der Waals surface area contributed by atoms with E-state index in [4.69, 9.17) is 11.0 Å². The van der Waals surface area contributed by atoms with Gasteiger partial charge in [-0.2, -0.15) is 5.26 Å². The molecule has 1 saturated heterocycles. The van der Waals surface area contributed by atoms with Crippen LogP contribution in [-0.2, 0) is 0 Å². The van der Waals surface area contributed by atoms with Crippen molar-refractivity contribution in [3.05, 3.63) is 48.4 Å². The molecular formula is C19H17F2N7O. The van der Waals surface area contributed by atoms with E-state index in [0.29, 0.717) is 34.6 Å². The fraction of sp³-hybridized carbons (Fsp3) is 0.263. The summed E-state index contributed by atoms with van der Waals surface area (Å²) in [4.78, 5) is 21.2. The highest BCUT2D eigenvalue weighted by Crippen LogP contribution is 2.33. The van der Waals surface area contributed by atoms with Crippen LogP contribution in [0.4, 0.5) is 25.1 Å². The van der Waals surface area contributed by atoms with Gasteiger partial charge in [-0.3, -0.25) is 4.57 Å². The van der Waals surface area contributed by atoms with Crippen molar-refractivity contribution >= 4 is 28.6 Å². The average molecular weight is 397 g/mol. The zero-order chi connectivity index (χ0) is 20.6. The van der Waals surface area contributed by atoms with Crippen LogP contribution in [0.5, 0.6) is 0 Å². The number of hydrogen-bond donors (Lipinski definition) is 2. The van der Waals surface area contributed by atoms with Crippen LogP contribution in [0.2, 0.25) is 0 Å². The topological polar surface area (TPSA) is 113 Å². The Morgan fingerprint density at radius 2 is 2.14 bits per heavy atom. The molecule has 1 fully saturated rings. The molecule has 1 unspecified atom stereocenters. The minimum Gasteiger partial charge on any atom is -0.376 e. The second kappa shape index (κ2) is 7.01. The van der Waals surface area contributed by atoms with Gasteiger partial charge in [-0.1, -0.05) is 0 Å². The number of halogens is 2. The Morgan fingerprint density at radius 3 is 2.79 bits per heavy atom. The molecular weight excluding hydrogens is 380 g/mol. The van der Waals surface area contributed by atoms with E-state index in [1.165, 1.54) is 23.5 Å². The van der Waals surface area contributed by atoms with Gasteiger partial charge in [0.25, 0.3) is 5.92 Å². The van der Waals surface area contributed by atoms with Gasteiger partial charge in [-0.15, -0.1) is 0 Å². The average Bonchev–Trinajstić information content (AvgIpc) is 3.15. The fourth-order valence-electron chi connectivity index (χ4n) is 3.48. The van der Waals surface area contributed by atoms with Gasteiger partial charge in [0.05, 0.1) is 18.2 Å². The number of nitrogens with zero attached hydrogens (tertiary/aromatic N) is 5. The molecule has 1 aliphatic heterocycles. The van der Waals surface area contributed by atoms with Crippen LogP contribution in [0.3, 0.4) is 0 Å². The first-order chi connectivity index (χ1) is 13.9. The van der Waals surface area contributed by atoms with E-state index in [2.05, 4.69) is 15.3 Å². The summed E-state index contributed by atoms with van der Waals surface area (Å²) < 4.78 is 30.9. The first-order valence-corrected chi connectivity index (χ1v) is 8.90. The van der Waals surface area contributed by atoms with Gasteiger partial charge < -0.3 is 16.0 Å². The number of rotatable bonds is 3. The van der Waals surface area contributed by atoms with Crippen LogP contribution >= 0.6 is 0 Å². The number of aromatic nitrogens is 3. The van der Waals surface area contributed by atoms with Crippen LogP contribution < -0.4 is 16.0 Å². The van der Waals surface area contributed by atoms with E-state index in [1.807, 2.05) is 6.07 Å². The van der Waals surface area contributed by atoms with Gasteiger partial charge in [0, 0.05) is 36.2 Å². The molecule has 4 heterocycles. The largest absolute Gasteiger partial charge is 0.376 e. The quantitative estimate of drug-likeness (QED) is 0.702. The third-order valence-electron chi connectivity index (χ3n) is 4.95. The monoisotopic (exact) mass is 397 g/mol. The number of pyridine rings is 2. The number of amides is 1. The number of piperidine rings is 1. The van der Waals surface area contributed by atoms with Crippen LogP contribution in [0.15, 0.2) is 42.9 Å². The maximum Gasteiger partial charge on any atom is 0.324 e. The van der Waals surface area contributed by atoms with Crippen molar-refractivity contribution < 1.29 is 13.6 Å². The molecule has 3 N–H and O–H groups in total. The van der Waals surface area contributed by atoms with Gasteiger partial charge in [-0.05, 0) is 30.7 Å². The first kappa shape index (κ1) is 18.6. The highest BCUT2D eigenvalue weighted by Gasteiger charge is 2.45. The minimum atomic E-state index is -3.03. The molecule has 1 atom stereocenters. The number of primary amides is 1. The van der Waals surface area contributed by atoms with Gasteiger partial charge in [0.15, 0.2) is 0 Å². The van der Waals surface area contributed by atoms with Gasteiger partial charge in [0.2, 0.25) is 0 Å². The molecule has 4 rings (SSSR count). The second-order valence-corrected chi connectivity index (χ2v) is 6.80. The molecule has 29 heavy (non-hydrogen) atoms. The number of hydrogen-bond acceptors (Lipinski definition) is 6. The van der Waals surface area contributed by atoms with Gasteiger partial charge in [-0.25, -0.2) is 23.5 Å². The summed E-state index contributed by atoms with van der Waals surface area (Å²) in [7, 11) is 0. The van der Waals surface area contributed by atoms with E-state index in [0.717, 1.165) is 4.57 Å². The highest BCUT2D eigenvalue weighted by atomic mass is 19.3. The summed E-state index contributed by atoms with van der Waals surface area (Å²) in [6, 6.07) is 6.50. The maximum atomic E-state index is 14.9. The predicted octanol–water partition coefficient (Wildman–Crippen LogP) is 2.56. The molecule has 0 radical (unpaired) electrons. The standard InChI is InChI=1S/C19H17F2N7O/c20-19(21)11-27(16-2-1-12(9-22)10-25-16)7-5-15(19)26-14-3-6-24-17-13(14)4-8-28(17)18(23)29/h1-4,6,8,10,15H,5,7,11H2,(H2,23,29)(H,24,26). The van der Waals surface area contributed by atoms with Crippen molar-refractivity contribution in [3.63, 3.8) is 0 Å². The summed E-state index contributed by atoms with van der Waals surface area (Å²) in [6.45, 7) is -0.122. The van der Waals surface area contributed by atoms with Crippen LogP contribution in [0.25, 0.3) is 11.0 Å². The molecule has 0 bridgehead atoms. The molecule has 0 aliphatic carbocycles. The molecule has 0 aromatic carbocycles. The maximum absolute atomic E-state index is 14.9. The summed E-state index contributed by atoms with van der Waals surface area (Å²) in [5.74, 6) is -2.62. The summed E-state index contributed by atoms with van der Waals surface area (Å²) >= 11 is 0. The van der Waals surface area contributed by atoms with E-state index in [1.54, 1.807) is 24.3 Å². The normalized spacial score (nSPS) is 18.4. The zero-order valence-corrected chi connectivity index (χ0v) is 15.2. The van der Waals surface area contributed by atoms with Crippen molar-refractivity contribution in [3.8, 4) is 6.07 Å². The first-order valence-electron chi connectivity index (χ1n) is 8.90.